The second kappa shape index (κ2) is 2.53. The van der Waals surface area contributed by atoms with Gasteiger partial charge in [0.15, 0.2) is 0 Å². The minimum Gasteiger partial charge on any atom is -0.364 e. The maximum absolute atomic E-state index is 6.27. The van der Waals surface area contributed by atoms with Gasteiger partial charge in [-0.15, -0.1) is 0 Å². The summed E-state index contributed by atoms with van der Waals surface area (Å²) in [7, 11) is 0. The van der Waals surface area contributed by atoms with Crippen molar-refractivity contribution in [2.45, 2.75) is 52.2 Å². The monoisotopic (exact) mass is 216 g/mol. The van der Waals surface area contributed by atoms with Crippen molar-refractivity contribution in [1.82, 2.24) is 0 Å². The maximum atomic E-state index is 6.27. The fraction of sp³-hybridized carbons (Fsp3) is 0.600. The Morgan fingerprint density at radius 3 is 2.50 bits per heavy atom. The van der Waals surface area contributed by atoms with Gasteiger partial charge in [0.1, 0.15) is 5.60 Å². The summed E-state index contributed by atoms with van der Waals surface area (Å²) in [5.41, 5.74) is 4.56. The van der Waals surface area contributed by atoms with Crippen LogP contribution in [0.25, 0.3) is 0 Å². The van der Waals surface area contributed by atoms with E-state index in [9.17, 15) is 0 Å². The fourth-order valence-corrected chi connectivity index (χ4v) is 4.06. The van der Waals surface area contributed by atoms with Gasteiger partial charge in [0.25, 0.3) is 0 Å². The summed E-state index contributed by atoms with van der Waals surface area (Å²) < 4.78 is 6.27. The zero-order valence-corrected chi connectivity index (χ0v) is 10.8. The Labute approximate surface area is 97.8 Å². The summed E-state index contributed by atoms with van der Waals surface area (Å²) in [5, 5.41) is 0. The third-order valence-electron chi connectivity index (χ3n) is 4.56. The highest BCUT2D eigenvalue weighted by Gasteiger charge is 2.67. The van der Waals surface area contributed by atoms with Crippen LogP contribution in [-0.2, 0) is 22.4 Å². The molecule has 0 N–H and O–H groups in total. The minimum absolute atomic E-state index is 0.0775. The van der Waals surface area contributed by atoms with Gasteiger partial charge in [-0.25, -0.2) is 0 Å². The largest absolute Gasteiger partial charge is 0.364 e. The third kappa shape index (κ3) is 0.808. The van der Waals surface area contributed by atoms with E-state index in [1.54, 1.807) is 0 Å². The first-order chi connectivity index (χ1) is 7.32. The van der Waals surface area contributed by atoms with Crippen LogP contribution in [0.3, 0.4) is 0 Å². The highest BCUT2D eigenvalue weighted by molar-refractivity contribution is 5.59. The lowest BCUT2D eigenvalue weighted by atomic mass is 9.47. The molecule has 1 nitrogen and oxygen atoms in total. The Kier molecular flexibility index (Phi) is 1.64. The van der Waals surface area contributed by atoms with Crippen LogP contribution in [0.2, 0.25) is 0 Å². The molecular weight excluding hydrogens is 196 g/mol. The molecule has 3 rings (SSSR count). The molecule has 0 saturated carbocycles. The first-order valence-electron chi connectivity index (χ1n) is 6.09. The molecule has 0 fully saturated rings. The molecule has 2 aliphatic rings. The van der Waals surface area contributed by atoms with Crippen molar-refractivity contribution >= 4 is 0 Å². The molecule has 0 saturated heterocycles. The van der Waals surface area contributed by atoms with Crippen LogP contribution in [0.4, 0.5) is 0 Å². The lowest BCUT2D eigenvalue weighted by molar-refractivity contribution is -0.178. The number of ether oxygens (including phenoxy) is 1. The van der Waals surface area contributed by atoms with Crippen LogP contribution in [0.15, 0.2) is 18.2 Å². The first-order valence-corrected chi connectivity index (χ1v) is 6.09. The molecular formula is C15H20O. The average Bonchev–Trinajstić information content (AvgIpc) is 2.55. The van der Waals surface area contributed by atoms with E-state index in [1.165, 1.54) is 16.7 Å². The summed E-state index contributed by atoms with van der Waals surface area (Å²) >= 11 is 0. The average molecular weight is 216 g/mol. The van der Waals surface area contributed by atoms with Gasteiger partial charge in [0.2, 0.25) is 0 Å². The predicted octanol–water partition coefficient (Wildman–Crippen LogP) is 3.75. The van der Waals surface area contributed by atoms with Crippen molar-refractivity contribution in [3.05, 3.63) is 34.9 Å². The number of benzene rings is 1. The first kappa shape index (κ1) is 10.3. The molecule has 1 unspecified atom stereocenters. The van der Waals surface area contributed by atoms with Crippen molar-refractivity contribution in [1.29, 1.82) is 0 Å². The zero-order chi connectivity index (χ0) is 11.8. The van der Waals surface area contributed by atoms with Crippen molar-refractivity contribution in [2.24, 2.45) is 5.41 Å². The van der Waals surface area contributed by atoms with E-state index >= 15 is 0 Å². The number of hydrogen-bond acceptors (Lipinski definition) is 1. The quantitative estimate of drug-likeness (QED) is 0.641. The van der Waals surface area contributed by atoms with Gasteiger partial charge in [-0.1, -0.05) is 52.8 Å². The Hall–Kier alpha value is -0.820. The summed E-state index contributed by atoms with van der Waals surface area (Å²) in [5.74, 6) is 0. The van der Waals surface area contributed by atoms with Crippen LogP contribution in [0.5, 0.6) is 0 Å². The molecule has 1 heterocycles. The van der Waals surface area contributed by atoms with Gasteiger partial charge in [0, 0.05) is 5.41 Å². The van der Waals surface area contributed by atoms with Crippen molar-refractivity contribution < 1.29 is 4.74 Å². The molecule has 86 valence electrons. The topological polar surface area (TPSA) is 9.23 Å². The summed E-state index contributed by atoms with van der Waals surface area (Å²) in [6.07, 6.45) is 0. The Morgan fingerprint density at radius 2 is 1.88 bits per heavy atom. The molecule has 1 aromatic rings. The van der Waals surface area contributed by atoms with Gasteiger partial charge in [-0.3, -0.25) is 0 Å². The molecule has 0 amide bonds. The van der Waals surface area contributed by atoms with Crippen molar-refractivity contribution in [2.75, 3.05) is 0 Å². The van der Waals surface area contributed by atoms with E-state index < -0.39 is 0 Å². The Morgan fingerprint density at radius 1 is 1.19 bits per heavy atom. The molecule has 1 atom stereocenters. The number of hydrogen-bond donors (Lipinski definition) is 0. The SMILES string of the molecule is CC(C)(C)C12OCc3cccc(c31)C2(C)C. The second-order valence-electron chi connectivity index (χ2n) is 6.68. The van der Waals surface area contributed by atoms with E-state index in [0.717, 1.165) is 6.61 Å². The summed E-state index contributed by atoms with van der Waals surface area (Å²) in [4.78, 5) is 0. The smallest absolute Gasteiger partial charge is 0.108 e. The van der Waals surface area contributed by atoms with Gasteiger partial charge >= 0.3 is 0 Å². The molecule has 0 spiro atoms. The summed E-state index contributed by atoms with van der Waals surface area (Å²) in [6, 6.07) is 6.64. The summed E-state index contributed by atoms with van der Waals surface area (Å²) in [6.45, 7) is 12.3. The van der Waals surface area contributed by atoms with Crippen molar-refractivity contribution in [3.8, 4) is 0 Å². The third-order valence-corrected chi connectivity index (χ3v) is 4.56. The fourth-order valence-electron chi connectivity index (χ4n) is 4.06. The highest BCUT2D eigenvalue weighted by atomic mass is 16.5. The van der Waals surface area contributed by atoms with E-state index in [4.69, 9.17) is 4.74 Å². The van der Waals surface area contributed by atoms with Gasteiger partial charge in [-0.2, -0.15) is 0 Å². The molecule has 0 radical (unpaired) electrons. The second-order valence-corrected chi connectivity index (χ2v) is 6.68. The molecule has 1 aliphatic carbocycles. The highest BCUT2D eigenvalue weighted by Crippen LogP contribution is 2.67. The van der Waals surface area contributed by atoms with E-state index in [1.807, 2.05) is 0 Å². The lowest BCUT2D eigenvalue weighted by Crippen LogP contribution is -2.61. The van der Waals surface area contributed by atoms with E-state index in [-0.39, 0.29) is 16.4 Å². The van der Waals surface area contributed by atoms with Crippen LogP contribution < -0.4 is 0 Å². The minimum atomic E-state index is -0.0775. The van der Waals surface area contributed by atoms with Gasteiger partial charge < -0.3 is 4.74 Å². The van der Waals surface area contributed by atoms with Crippen LogP contribution in [-0.4, -0.2) is 0 Å². The Bertz CT molecular complexity index is 465. The van der Waals surface area contributed by atoms with Crippen LogP contribution >= 0.6 is 0 Å². The normalized spacial score (nSPS) is 29.8. The zero-order valence-electron chi connectivity index (χ0n) is 10.8. The molecule has 0 bridgehead atoms. The van der Waals surface area contributed by atoms with Gasteiger partial charge in [-0.05, 0) is 22.1 Å². The van der Waals surface area contributed by atoms with Gasteiger partial charge in [0.05, 0.1) is 6.61 Å². The maximum Gasteiger partial charge on any atom is 0.108 e. The molecule has 16 heavy (non-hydrogen) atoms. The van der Waals surface area contributed by atoms with Crippen molar-refractivity contribution in [3.63, 3.8) is 0 Å². The predicted molar refractivity (Wildman–Crippen MR) is 65.4 cm³/mol. The standard InChI is InChI=1S/C15H20O/c1-13(2,3)15-12-10(9-16-15)7-6-8-11(12)14(15,4)5/h6-8H,9H2,1-5H3. The lowest BCUT2D eigenvalue weighted by Gasteiger charge is -2.60. The van der Waals surface area contributed by atoms with E-state index in [0.29, 0.717) is 0 Å². The molecule has 1 heteroatoms. The molecule has 1 aliphatic heterocycles. The molecule has 1 aromatic carbocycles. The molecule has 0 aromatic heterocycles. The van der Waals surface area contributed by atoms with Crippen LogP contribution in [0.1, 0.15) is 51.3 Å². The van der Waals surface area contributed by atoms with E-state index in [2.05, 4.69) is 52.8 Å². The Balaban J connectivity index is 2.32. The van der Waals surface area contributed by atoms with Crippen LogP contribution in [0, 0.1) is 5.41 Å². The number of rotatable bonds is 0.